The maximum absolute atomic E-state index is 12.2. The van der Waals surface area contributed by atoms with E-state index >= 15 is 0 Å². The summed E-state index contributed by atoms with van der Waals surface area (Å²) in [6, 6.07) is 19.1. The first-order chi connectivity index (χ1) is 14.2. The zero-order valence-corrected chi connectivity index (χ0v) is 16.7. The lowest BCUT2D eigenvalue weighted by molar-refractivity contribution is -0.118. The Morgan fingerprint density at radius 3 is 2.83 bits per heavy atom. The Hall–Kier alpha value is -3.32. The molecule has 0 saturated carbocycles. The van der Waals surface area contributed by atoms with E-state index in [0.29, 0.717) is 5.56 Å². The fraction of sp³-hybridized carbons (Fsp3) is 0.136. The number of thioether (sulfide) groups is 1. The lowest BCUT2D eigenvalue weighted by Crippen LogP contribution is -2.20. The van der Waals surface area contributed by atoms with Crippen molar-refractivity contribution in [1.82, 2.24) is 15.0 Å². The summed E-state index contributed by atoms with van der Waals surface area (Å²) in [7, 11) is 0. The second kappa shape index (κ2) is 8.36. The largest absolute Gasteiger partial charge is 0.507 e. The van der Waals surface area contributed by atoms with Gasteiger partial charge < -0.3 is 9.67 Å². The maximum atomic E-state index is 12.2. The number of nitrogens with one attached hydrogen (secondary N) is 1. The number of hydrazone groups is 1. The highest BCUT2D eigenvalue weighted by atomic mass is 32.2. The number of hydrogen-bond donors (Lipinski definition) is 2. The van der Waals surface area contributed by atoms with Crippen LogP contribution in [0.4, 0.5) is 0 Å². The molecule has 0 aliphatic carbocycles. The molecule has 4 aromatic rings. The molecular weight excluding hydrogens is 384 g/mol. The number of imidazole rings is 1. The van der Waals surface area contributed by atoms with Crippen LogP contribution in [0, 0.1) is 0 Å². The molecule has 0 aliphatic heterocycles. The number of carbonyl (C=O) groups excluding carboxylic acids is 1. The Bertz CT molecular complexity index is 1220. The number of phenols is 1. The van der Waals surface area contributed by atoms with Crippen molar-refractivity contribution in [2.75, 3.05) is 5.75 Å². The Balaban J connectivity index is 1.43. The average Bonchev–Trinajstić information content (AvgIpc) is 3.11. The summed E-state index contributed by atoms with van der Waals surface area (Å²) < 4.78 is 2.09. The van der Waals surface area contributed by atoms with E-state index in [2.05, 4.69) is 27.0 Å². The minimum absolute atomic E-state index is 0.118. The SMILES string of the molecule is CCn1c(SCC(=O)N/N=C\c2c(O)ccc3ccccc23)nc2ccccc21. The molecule has 0 aliphatic rings. The summed E-state index contributed by atoms with van der Waals surface area (Å²) in [6.45, 7) is 2.84. The van der Waals surface area contributed by atoms with Crippen molar-refractivity contribution in [3.8, 4) is 5.75 Å². The number of nitrogens with zero attached hydrogens (tertiary/aromatic N) is 3. The second-order valence-corrected chi connectivity index (χ2v) is 7.37. The summed E-state index contributed by atoms with van der Waals surface area (Å²) in [4.78, 5) is 16.8. The molecule has 0 fully saturated rings. The molecule has 0 saturated heterocycles. The Morgan fingerprint density at radius 2 is 1.97 bits per heavy atom. The molecule has 1 amide bonds. The van der Waals surface area contributed by atoms with E-state index < -0.39 is 0 Å². The van der Waals surface area contributed by atoms with Gasteiger partial charge in [0.1, 0.15) is 5.75 Å². The standard InChI is InChI=1S/C22H20N4O2S/c1-2-26-19-10-6-5-9-18(19)24-22(26)29-14-21(28)25-23-13-17-16-8-4-3-7-15(16)11-12-20(17)27/h3-13,27H,2,14H2,1H3,(H,25,28)/b23-13-. The number of rotatable bonds is 6. The molecule has 0 radical (unpaired) electrons. The van der Waals surface area contributed by atoms with Crippen molar-refractivity contribution in [3.05, 3.63) is 66.2 Å². The number of benzene rings is 3. The van der Waals surface area contributed by atoms with Gasteiger partial charge in [0.2, 0.25) is 0 Å². The van der Waals surface area contributed by atoms with Crippen LogP contribution < -0.4 is 5.43 Å². The number of aromatic nitrogens is 2. The number of carbonyl (C=O) groups is 1. The molecule has 0 spiro atoms. The zero-order chi connectivity index (χ0) is 20.2. The number of fused-ring (bicyclic) bond motifs is 2. The van der Waals surface area contributed by atoms with Gasteiger partial charge in [-0.15, -0.1) is 0 Å². The smallest absolute Gasteiger partial charge is 0.250 e. The van der Waals surface area contributed by atoms with Crippen molar-refractivity contribution in [1.29, 1.82) is 0 Å². The number of para-hydroxylation sites is 2. The maximum Gasteiger partial charge on any atom is 0.250 e. The first kappa shape index (κ1) is 19.0. The van der Waals surface area contributed by atoms with Gasteiger partial charge in [0.05, 0.1) is 23.0 Å². The fourth-order valence-electron chi connectivity index (χ4n) is 3.22. The minimum atomic E-state index is -0.235. The molecule has 7 heteroatoms. The summed E-state index contributed by atoms with van der Waals surface area (Å²) in [5, 5.41) is 16.8. The lowest BCUT2D eigenvalue weighted by Gasteiger charge is -2.06. The molecule has 3 aromatic carbocycles. The van der Waals surface area contributed by atoms with Gasteiger partial charge in [0.25, 0.3) is 5.91 Å². The Morgan fingerprint density at radius 1 is 1.17 bits per heavy atom. The van der Waals surface area contributed by atoms with Crippen LogP contribution in [0.1, 0.15) is 12.5 Å². The highest BCUT2D eigenvalue weighted by molar-refractivity contribution is 7.99. The molecule has 0 unspecified atom stereocenters. The van der Waals surface area contributed by atoms with Gasteiger partial charge >= 0.3 is 0 Å². The third-order valence-electron chi connectivity index (χ3n) is 4.60. The predicted molar refractivity (Wildman–Crippen MR) is 117 cm³/mol. The minimum Gasteiger partial charge on any atom is -0.507 e. The van der Waals surface area contributed by atoms with Gasteiger partial charge in [-0.25, -0.2) is 10.4 Å². The molecule has 6 nitrogen and oxygen atoms in total. The number of hydrogen-bond acceptors (Lipinski definition) is 5. The van der Waals surface area contributed by atoms with Crippen molar-refractivity contribution in [2.45, 2.75) is 18.6 Å². The highest BCUT2D eigenvalue weighted by Crippen LogP contribution is 2.26. The number of aryl methyl sites for hydroxylation is 1. The lowest BCUT2D eigenvalue weighted by atomic mass is 10.0. The van der Waals surface area contributed by atoms with Gasteiger partial charge in [-0.1, -0.05) is 54.2 Å². The van der Waals surface area contributed by atoms with E-state index in [4.69, 9.17) is 0 Å². The van der Waals surface area contributed by atoms with Crippen LogP contribution in [-0.2, 0) is 11.3 Å². The number of phenolic OH excluding ortho intramolecular Hbond substituents is 1. The van der Waals surface area contributed by atoms with E-state index in [1.165, 1.54) is 18.0 Å². The van der Waals surface area contributed by atoms with Crippen LogP contribution in [0.25, 0.3) is 21.8 Å². The van der Waals surface area contributed by atoms with Crippen molar-refractivity contribution < 1.29 is 9.90 Å². The molecule has 2 N–H and O–H groups in total. The molecule has 1 aromatic heterocycles. The summed E-state index contributed by atoms with van der Waals surface area (Å²) in [5.74, 6) is 0.0794. The van der Waals surface area contributed by atoms with Crippen LogP contribution in [0.5, 0.6) is 5.75 Å². The van der Waals surface area contributed by atoms with Gasteiger partial charge in [0, 0.05) is 12.1 Å². The monoisotopic (exact) mass is 404 g/mol. The van der Waals surface area contributed by atoms with E-state index in [1.807, 2.05) is 54.6 Å². The first-order valence-corrected chi connectivity index (χ1v) is 10.3. The third kappa shape index (κ3) is 3.95. The number of aromatic hydroxyl groups is 1. The molecule has 1 heterocycles. The van der Waals surface area contributed by atoms with Gasteiger partial charge in [0.15, 0.2) is 5.16 Å². The molecule has 29 heavy (non-hydrogen) atoms. The Labute approximate surface area is 172 Å². The number of amides is 1. The molecule has 146 valence electrons. The summed E-state index contributed by atoms with van der Waals surface area (Å²) in [5.41, 5.74) is 5.08. The quantitative estimate of drug-likeness (QED) is 0.287. The van der Waals surface area contributed by atoms with E-state index in [1.54, 1.807) is 6.07 Å². The molecule has 0 atom stereocenters. The second-order valence-electron chi connectivity index (χ2n) is 6.43. The summed E-state index contributed by atoms with van der Waals surface area (Å²) >= 11 is 1.37. The predicted octanol–water partition coefficient (Wildman–Crippen LogP) is 4.16. The van der Waals surface area contributed by atoms with Crippen molar-refractivity contribution in [2.24, 2.45) is 5.10 Å². The van der Waals surface area contributed by atoms with E-state index in [9.17, 15) is 9.90 Å². The fourth-order valence-corrected chi connectivity index (χ4v) is 4.09. The molecule has 0 bridgehead atoms. The van der Waals surface area contributed by atoms with Gasteiger partial charge in [-0.05, 0) is 35.9 Å². The topological polar surface area (TPSA) is 79.5 Å². The third-order valence-corrected chi connectivity index (χ3v) is 5.58. The van der Waals surface area contributed by atoms with Crippen LogP contribution in [0.2, 0.25) is 0 Å². The highest BCUT2D eigenvalue weighted by Gasteiger charge is 2.11. The van der Waals surface area contributed by atoms with Crippen molar-refractivity contribution >= 4 is 45.7 Å². The zero-order valence-electron chi connectivity index (χ0n) is 15.9. The normalized spacial score (nSPS) is 11.5. The Kier molecular flexibility index (Phi) is 5.48. The molecule has 4 rings (SSSR count). The van der Waals surface area contributed by atoms with Crippen molar-refractivity contribution in [3.63, 3.8) is 0 Å². The van der Waals surface area contributed by atoms with E-state index in [0.717, 1.165) is 33.5 Å². The van der Waals surface area contributed by atoms with Gasteiger partial charge in [-0.2, -0.15) is 5.10 Å². The van der Waals surface area contributed by atoms with E-state index in [-0.39, 0.29) is 17.4 Å². The van der Waals surface area contributed by atoms with Gasteiger partial charge in [-0.3, -0.25) is 4.79 Å². The van der Waals surface area contributed by atoms with Crippen LogP contribution in [0.3, 0.4) is 0 Å². The van der Waals surface area contributed by atoms with Crippen LogP contribution in [-0.4, -0.2) is 32.5 Å². The first-order valence-electron chi connectivity index (χ1n) is 9.28. The van der Waals surface area contributed by atoms with Crippen LogP contribution >= 0.6 is 11.8 Å². The molecular formula is C22H20N4O2S. The average molecular weight is 404 g/mol. The van der Waals surface area contributed by atoms with Crippen LogP contribution in [0.15, 0.2) is 70.9 Å². The summed E-state index contributed by atoms with van der Waals surface area (Å²) in [6.07, 6.45) is 1.47.